The molecule has 1 aromatic carbocycles. The Bertz CT molecular complexity index is 1120. The molecule has 0 saturated heterocycles. The lowest BCUT2D eigenvalue weighted by molar-refractivity contribution is -0.201. The van der Waals surface area contributed by atoms with Crippen molar-refractivity contribution in [2.75, 3.05) is 14.1 Å². The molecule has 0 amide bonds. The number of fused-ring (bicyclic) bond motifs is 5. The van der Waals surface area contributed by atoms with E-state index in [9.17, 15) is 10.2 Å². The van der Waals surface area contributed by atoms with Crippen LogP contribution in [0.2, 0.25) is 0 Å². The highest BCUT2D eigenvalue weighted by Crippen LogP contribution is 2.67. The van der Waals surface area contributed by atoms with E-state index in [0.29, 0.717) is 37.7 Å². The summed E-state index contributed by atoms with van der Waals surface area (Å²) in [6.07, 6.45) is 5.67. The van der Waals surface area contributed by atoms with Crippen LogP contribution in [0.3, 0.4) is 0 Å². The number of nitrogens with one attached hydrogen (secondary N) is 1. The quantitative estimate of drug-likeness (QED) is 0.504. The number of oxazole rings is 1. The topological polar surface area (TPSA) is 78.5 Å². The summed E-state index contributed by atoms with van der Waals surface area (Å²) in [7, 11) is 3.75. The van der Waals surface area contributed by atoms with Crippen LogP contribution in [0.5, 0.6) is 0 Å². The molecule has 0 aliphatic heterocycles. The maximum atomic E-state index is 16.7. The largest absolute Gasteiger partial charge is 0.443 e. The molecule has 1 aromatic heterocycles. The van der Waals surface area contributed by atoms with E-state index in [0.717, 1.165) is 16.7 Å². The van der Waals surface area contributed by atoms with Crippen molar-refractivity contribution in [2.45, 2.75) is 87.8 Å². The summed E-state index contributed by atoms with van der Waals surface area (Å²) < 4.78 is 38.3. The molecule has 6 unspecified atom stereocenters. The second-order valence-electron chi connectivity index (χ2n) is 11.6. The molecule has 0 spiro atoms. The zero-order chi connectivity index (χ0) is 25.1. The highest BCUT2D eigenvalue weighted by molar-refractivity contribution is 5.81. The lowest BCUT2D eigenvalue weighted by Gasteiger charge is -2.56. The summed E-state index contributed by atoms with van der Waals surface area (Å²) in [4.78, 5) is 4.19. The van der Waals surface area contributed by atoms with Gasteiger partial charge in [0.05, 0.1) is 6.10 Å². The van der Waals surface area contributed by atoms with Crippen LogP contribution in [0.1, 0.15) is 70.3 Å². The Morgan fingerprint density at radius 1 is 1.11 bits per heavy atom. The average molecular weight is 489 g/mol. The van der Waals surface area contributed by atoms with E-state index in [2.05, 4.69) is 23.3 Å². The first-order valence-corrected chi connectivity index (χ1v) is 13.0. The molecule has 4 aliphatic rings. The SMILES string of the molecule is CC12CCC3(F)CC4(F)CC(O)CCC4CC[C@]3(O)C1CC=C2c1ccc2ncoc2c1.CNC. The van der Waals surface area contributed by atoms with Crippen LogP contribution in [-0.4, -0.2) is 52.3 Å². The molecule has 3 fully saturated rings. The molecule has 2 aromatic rings. The molecule has 5 nitrogen and oxygen atoms in total. The fraction of sp³-hybridized carbons (Fsp3) is 0.679. The van der Waals surface area contributed by atoms with Gasteiger partial charge >= 0.3 is 0 Å². The smallest absolute Gasteiger partial charge is 0.181 e. The van der Waals surface area contributed by atoms with Crippen molar-refractivity contribution < 1.29 is 23.4 Å². The van der Waals surface area contributed by atoms with Gasteiger partial charge in [-0.1, -0.05) is 19.1 Å². The summed E-state index contributed by atoms with van der Waals surface area (Å²) in [5, 5.41) is 24.9. The van der Waals surface area contributed by atoms with E-state index < -0.39 is 28.5 Å². The zero-order valence-electron chi connectivity index (χ0n) is 21.0. The molecular formula is C28H38F2N2O3. The van der Waals surface area contributed by atoms with Gasteiger partial charge < -0.3 is 19.9 Å². The highest BCUT2D eigenvalue weighted by Gasteiger charge is 2.69. The number of rotatable bonds is 1. The standard InChI is InChI=1S/C26H31F2NO3.C2H7N/c1-23-10-11-25(28)14-24(27)13-18(30)4-3-17(24)8-9-26(25,31)22(23)7-5-19(23)16-2-6-20-21(12-16)32-15-29-20;1-3-2/h2,5-6,12,15,17-18,22,30-31H,3-4,7-11,13-14H2,1H3;3H,1-2H3/t17?,18?,22?,23?,24?,25?,26-;/m0./s1. The molecule has 7 atom stereocenters. The van der Waals surface area contributed by atoms with E-state index in [1.54, 1.807) is 0 Å². The molecular weight excluding hydrogens is 450 g/mol. The van der Waals surface area contributed by atoms with Crippen LogP contribution < -0.4 is 5.32 Å². The minimum absolute atomic E-state index is 0.0119. The van der Waals surface area contributed by atoms with Gasteiger partial charge in [0.2, 0.25) is 0 Å². The lowest BCUT2D eigenvalue weighted by atomic mass is 9.52. The van der Waals surface area contributed by atoms with Gasteiger partial charge in [-0.25, -0.2) is 13.8 Å². The van der Waals surface area contributed by atoms with E-state index in [-0.39, 0.29) is 37.5 Å². The molecule has 35 heavy (non-hydrogen) atoms. The molecule has 4 aliphatic carbocycles. The fourth-order valence-corrected chi connectivity index (χ4v) is 7.84. The van der Waals surface area contributed by atoms with Crippen molar-refractivity contribution in [3.8, 4) is 0 Å². The van der Waals surface area contributed by atoms with Crippen molar-refractivity contribution in [3.05, 3.63) is 36.2 Å². The Balaban J connectivity index is 0.000000806. The van der Waals surface area contributed by atoms with Crippen LogP contribution in [0.4, 0.5) is 8.78 Å². The van der Waals surface area contributed by atoms with Gasteiger partial charge in [0.25, 0.3) is 0 Å². The number of hydrogen-bond acceptors (Lipinski definition) is 5. The maximum absolute atomic E-state index is 16.7. The van der Waals surface area contributed by atoms with Gasteiger partial charge in [-0.3, -0.25) is 0 Å². The Morgan fingerprint density at radius 3 is 2.66 bits per heavy atom. The van der Waals surface area contributed by atoms with Crippen LogP contribution in [0.15, 0.2) is 35.1 Å². The van der Waals surface area contributed by atoms with Crippen molar-refractivity contribution in [1.82, 2.24) is 10.3 Å². The minimum Gasteiger partial charge on any atom is -0.443 e. The van der Waals surface area contributed by atoms with Gasteiger partial charge in [0, 0.05) is 18.8 Å². The van der Waals surface area contributed by atoms with E-state index >= 15 is 8.78 Å². The predicted octanol–water partition coefficient (Wildman–Crippen LogP) is 5.36. The van der Waals surface area contributed by atoms with E-state index in [1.807, 2.05) is 32.3 Å². The summed E-state index contributed by atoms with van der Waals surface area (Å²) in [6.45, 7) is 2.13. The van der Waals surface area contributed by atoms with Crippen molar-refractivity contribution in [2.24, 2.45) is 17.3 Å². The molecule has 7 heteroatoms. The lowest BCUT2D eigenvalue weighted by Crippen LogP contribution is -2.63. The third-order valence-corrected chi connectivity index (χ3v) is 9.58. The van der Waals surface area contributed by atoms with Crippen molar-refractivity contribution >= 4 is 16.7 Å². The molecule has 3 saturated carbocycles. The second-order valence-corrected chi connectivity index (χ2v) is 11.6. The molecule has 0 radical (unpaired) electrons. The van der Waals surface area contributed by atoms with E-state index in [4.69, 9.17) is 4.42 Å². The third kappa shape index (κ3) is 3.77. The van der Waals surface area contributed by atoms with Gasteiger partial charge in [-0.05, 0) is 93.6 Å². The maximum Gasteiger partial charge on any atom is 0.181 e. The van der Waals surface area contributed by atoms with Crippen LogP contribution in [0.25, 0.3) is 16.7 Å². The predicted molar refractivity (Wildman–Crippen MR) is 132 cm³/mol. The molecule has 3 N–H and O–H groups in total. The first kappa shape index (κ1) is 24.8. The normalized spacial score (nSPS) is 42.7. The van der Waals surface area contributed by atoms with Gasteiger partial charge in [0.15, 0.2) is 12.0 Å². The van der Waals surface area contributed by atoms with Gasteiger partial charge in [0.1, 0.15) is 22.5 Å². The summed E-state index contributed by atoms with van der Waals surface area (Å²) in [5.41, 5.74) is -2.05. The number of hydrogen-bond donors (Lipinski definition) is 3. The highest BCUT2D eigenvalue weighted by atomic mass is 19.2. The van der Waals surface area contributed by atoms with Crippen LogP contribution in [-0.2, 0) is 0 Å². The fourth-order valence-electron chi connectivity index (χ4n) is 7.84. The third-order valence-electron chi connectivity index (χ3n) is 9.58. The van der Waals surface area contributed by atoms with Gasteiger partial charge in [-0.2, -0.15) is 0 Å². The minimum atomic E-state index is -1.98. The van der Waals surface area contributed by atoms with E-state index in [1.165, 1.54) is 6.39 Å². The first-order chi connectivity index (χ1) is 16.6. The molecule has 0 bridgehead atoms. The Hall–Kier alpha value is -1.83. The van der Waals surface area contributed by atoms with Crippen LogP contribution in [0, 0.1) is 17.3 Å². The Kier molecular flexibility index (Phi) is 6.13. The summed E-state index contributed by atoms with van der Waals surface area (Å²) in [5.74, 6) is -0.593. The number of allylic oxidation sites excluding steroid dienone is 2. The second kappa shape index (κ2) is 8.63. The number of halogens is 2. The van der Waals surface area contributed by atoms with Crippen molar-refractivity contribution in [3.63, 3.8) is 0 Å². The molecule has 1 heterocycles. The summed E-state index contributed by atoms with van der Waals surface area (Å²) in [6, 6.07) is 5.92. The van der Waals surface area contributed by atoms with Crippen LogP contribution >= 0.6 is 0 Å². The Morgan fingerprint density at radius 2 is 1.89 bits per heavy atom. The zero-order valence-corrected chi connectivity index (χ0v) is 21.0. The average Bonchev–Trinajstić information content (AvgIpc) is 3.38. The number of alkyl halides is 2. The number of aromatic nitrogens is 1. The monoisotopic (exact) mass is 488 g/mol. The summed E-state index contributed by atoms with van der Waals surface area (Å²) >= 11 is 0. The number of nitrogens with zero attached hydrogens (tertiary/aromatic N) is 1. The first-order valence-electron chi connectivity index (χ1n) is 13.0. The number of aliphatic hydroxyl groups excluding tert-OH is 1. The molecule has 6 rings (SSSR count). The Labute approximate surface area is 206 Å². The number of benzene rings is 1. The van der Waals surface area contributed by atoms with Crippen molar-refractivity contribution in [1.29, 1.82) is 0 Å². The molecule has 192 valence electrons. The number of aliphatic hydroxyl groups is 2. The van der Waals surface area contributed by atoms with Gasteiger partial charge in [-0.15, -0.1) is 0 Å².